The standard InChI is InChI=1S/C12H14O3/c1-15-12(14)10-7-6-8-4-2-3-5-9(8)11(10)13/h2-5,10-11,13H,6-7H2,1H3/t10-,11+/m1/s1. The molecule has 1 aromatic rings. The van der Waals surface area contributed by atoms with Gasteiger partial charge in [-0.25, -0.2) is 0 Å². The number of hydrogen-bond acceptors (Lipinski definition) is 3. The Labute approximate surface area is 88.7 Å². The molecule has 0 saturated heterocycles. The van der Waals surface area contributed by atoms with E-state index >= 15 is 0 Å². The van der Waals surface area contributed by atoms with Gasteiger partial charge in [-0.1, -0.05) is 24.3 Å². The number of methoxy groups -OCH3 is 1. The van der Waals surface area contributed by atoms with Crippen LogP contribution in [0.3, 0.4) is 0 Å². The molecule has 2 atom stereocenters. The van der Waals surface area contributed by atoms with Crippen LogP contribution in [0.15, 0.2) is 24.3 Å². The van der Waals surface area contributed by atoms with Gasteiger partial charge < -0.3 is 9.84 Å². The Morgan fingerprint density at radius 3 is 2.93 bits per heavy atom. The number of carbonyl (C=O) groups excluding carboxylic acids is 1. The minimum absolute atomic E-state index is 0.322. The van der Waals surface area contributed by atoms with E-state index in [9.17, 15) is 9.90 Å². The highest BCUT2D eigenvalue weighted by Crippen LogP contribution is 2.34. The number of aliphatic hydroxyl groups excluding tert-OH is 1. The van der Waals surface area contributed by atoms with E-state index in [1.54, 1.807) is 0 Å². The van der Waals surface area contributed by atoms with Crippen molar-refractivity contribution in [1.29, 1.82) is 0 Å². The predicted octanol–water partition coefficient (Wildman–Crippen LogP) is 1.46. The molecule has 80 valence electrons. The lowest BCUT2D eigenvalue weighted by Crippen LogP contribution is -2.28. The van der Waals surface area contributed by atoms with Crippen molar-refractivity contribution < 1.29 is 14.6 Å². The number of rotatable bonds is 1. The molecule has 0 spiro atoms. The summed E-state index contributed by atoms with van der Waals surface area (Å²) in [6.45, 7) is 0. The molecule has 1 aliphatic carbocycles. The first-order valence-corrected chi connectivity index (χ1v) is 5.07. The van der Waals surface area contributed by atoms with Crippen molar-refractivity contribution in [2.45, 2.75) is 18.9 Å². The Bertz CT molecular complexity index is 373. The van der Waals surface area contributed by atoms with Gasteiger partial charge >= 0.3 is 5.97 Å². The van der Waals surface area contributed by atoms with Crippen molar-refractivity contribution in [3.8, 4) is 0 Å². The summed E-state index contributed by atoms with van der Waals surface area (Å²) < 4.78 is 4.68. The molecular formula is C12H14O3. The molecule has 0 aliphatic heterocycles. The Hall–Kier alpha value is -1.35. The lowest BCUT2D eigenvalue weighted by atomic mass is 9.81. The average Bonchev–Trinajstić information content (AvgIpc) is 2.29. The zero-order valence-electron chi connectivity index (χ0n) is 8.64. The fraction of sp³-hybridized carbons (Fsp3) is 0.417. The van der Waals surface area contributed by atoms with Crippen LogP contribution in [0.2, 0.25) is 0 Å². The van der Waals surface area contributed by atoms with Crippen LogP contribution in [-0.4, -0.2) is 18.2 Å². The molecule has 0 bridgehead atoms. The van der Waals surface area contributed by atoms with Gasteiger partial charge in [0.2, 0.25) is 0 Å². The second kappa shape index (κ2) is 4.03. The summed E-state index contributed by atoms with van der Waals surface area (Å²) in [6.07, 6.45) is 0.764. The smallest absolute Gasteiger partial charge is 0.311 e. The SMILES string of the molecule is COC(=O)[C@@H]1CCc2ccccc2[C@@H]1O. The summed E-state index contributed by atoms with van der Waals surface area (Å²) in [7, 11) is 1.36. The molecule has 1 aromatic carbocycles. The zero-order valence-corrected chi connectivity index (χ0v) is 8.64. The number of fused-ring (bicyclic) bond motifs is 1. The monoisotopic (exact) mass is 206 g/mol. The molecule has 0 radical (unpaired) electrons. The van der Waals surface area contributed by atoms with E-state index in [1.807, 2.05) is 24.3 Å². The van der Waals surface area contributed by atoms with Crippen LogP contribution in [0.5, 0.6) is 0 Å². The van der Waals surface area contributed by atoms with Crippen LogP contribution < -0.4 is 0 Å². The third-order valence-electron chi connectivity index (χ3n) is 2.98. The Kier molecular flexibility index (Phi) is 2.73. The fourth-order valence-electron chi connectivity index (χ4n) is 2.13. The van der Waals surface area contributed by atoms with Gasteiger partial charge in [-0.3, -0.25) is 4.79 Å². The topological polar surface area (TPSA) is 46.5 Å². The van der Waals surface area contributed by atoms with Gasteiger partial charge in [0.25, 0.3) is 0 Å². The molecule has 0 saturated carbocycles. The van der Waals surface area contributed by atoms with E-state index in [-0.39, 0.29) is 5.97 Å². The summed E-state index contributed by atoms with van der Waals surface area (Å²) in [5.41, 5.74) is 1.99. The predicted molar refractivity (Wildman–Crippen MR) is 55.2 cm³/mol. The van der Waals surface area contributed by atoms with E-state index in [0.717, 1.165) is 17.5 Å². The molecule has 0 unspecified atom stereocenters. The van der Waals surface area contributed by atoms with Crippen molar-refractivity contribution in [2.24, 2.45) is 5.92 Å². The molecule has 0 heterocycles. The molecule has 3 nitrogen and oxygen atoms in total. The maximum Gasteiger partial charge on any atom is 0.311 e. The summed E-state index contributed by atoms with van der Waals surface area (Å²) in [6, 6.07) is 7.69. The van der Waals surface area contributed by atoms with Crippen LogP contribution in [-0.2, 0) is 16.0 Å². The van der Waals surface area contributed by atoms with Crippen molar-refractivity contribution in [2.75, 3.05) is 7.11 Å². The summed E-state index contributed by atoms with van der Waals surface area (Å²) in [4.78, 5) is 11.4. The van der Waals surface area contributed by atoms with Gasteiger partial charge in [-0.15, -0.1) is 0 Å². The highest BCUT2D eigenvalue weighted by atomic mass is 16.5. The van der Waals surface area contributed by atoms with Gasteiger partial charge in [0.05, 0.1) is 19.1 Å². The Morgan fingerprint density at radius 2 is 2.20 bits per heavy atom. The first kappa shape index (κ1) is 10.2. The molecule has 3 heteroatoms. The Balaban J connectivity index is 2.29. The number of benzene rings is 1. The molecule has 0 fully saturated rings. The highest BCUT2D eigenvalue weighted by molar-refractivity contribution is 5.73. The number of carbonyl (C=O) groups is 1. The molecule has 0 amide bonds. The zero-order chi connectivity index (χ0) is 10.8. The van der Waals surface area contributed by atoms with Gasteiger partial charge in [0.1, 0.15) is 0 Å². The van der Waals surface area contributed by atoms with Crippen molar-refractivity contribution in [3.05, 3.63) is 35.4 Å². The molecule has 2 rings (SSSR count). The number of aliphatic hydroxyl groups is 1. The second-order valence-corrected chi connectivity index (χ2v) is 3.81. The van der Waals surface area contributed by atoms with E-state index in [2.05, 4.69) is 4.74 Å². The van der Waals surface area contributed by atoms with Gasteiger partial charge in [0, 0.05) is 0 Å². The quantitative estimate of drug-likeness (QED) is 0.707. The lowest BCUT2D eigenvalue weighted by Gasteiger charge is -2.27. The first-order chi connectivity index (χ1) is 7.24. The number of ether oxygens (including phenoxy) is 1. The van der Waals surface area contributed by atoms with E-state index in [4.69, 9.17) is 0 Å². The van der Waals surface area contributed by atoms with Crippen molar-refractivity contribution in [1.82, 2.24) is 0 Å². The minimum Gasteiger partial charge on any atom is -0.469 e. The summed E-state index contributed by atoms with van der Waals surface area (Å²) in [5, 5.41) is 10.0. The third kappa shape index (κ3) is 1.75. The number of aryl methyl sites for hydroxylation is 1. The number of hydrogen-bond donors (Lipinski definition) is 1. The van der Waals surface area contributed by atoms with Gasteiger partial charge in [0.15, 0.2) is 0 Å². The maximum atomic E-state index is 11.4. The number of esters is 1. The maximum absolute atomic E-state index is 11.4. The molecular weight excluding hydrogens is 192 g/mol. The summed E-state index contributed by atoms with van der Waals surface area (Å²) in [5.74, 6) is -0.734. The van der Waals surface area contributed by atoms with Crippen LogP contribution in [0.1, 0.15) is 23.7 Å². The van der Waals surface area contributed by atoms with E-state index in [0.29, 0.717) is 6.42 Å². The minimum atomic E-state index is -0.720. The molecule has 0 aromatic heterocycles. The average molecular weight is 206 g/mol. The van der Waals surface area contributed by atoms with Crippen LogP contribution in [0, 0.1) is 5.92 Å². The lowest BCUT2D eigenvalue weighted by molar-refractivity contribution is -0.150. The van der Waals surface area contributed by atoms with Crippen molar-refractivity contribution in [3.63, 3.8) is 0 Å². The van der Waals surface area contributed by atoms with Gasteiger partial charge in [-0.2, -0.15) is 0 Å². The molecule has 15 heavy (non-hydrogen) atoms. The fourth-order valence-corrected chi connectivity index (χ4v) is 2.13. The van der Waals surface area contributed by atoms with Crippen LogP contribution >= 0.6 is 0 Å². The van der Waals surface area contributed by atoms with Crippen LogP contribution in [0.25, 0.3) is 0 Å². The van der Waals surface area contributed by atoms with E-state index in [1.165, 1.54) is 7.11 Å². The highest BCUT2D eigenvalue weighted by Gasteiger charge is 2.33. The third-order valence-corrected chi connectivity index (χ3v) is 2.98. The van der Waals surface area contributed by atoms with Crippen LogP contribution in [0.4, 0.5) is 0 Å². The van der Waals surface area contributed by atoms with Crippen molar-refractivity contribution >= 4 is 5.97 Å². The molecule has 1 aliphatic rings. The van der Waals surface area contributed by atoms with E-state index < -0.39 is 12.0 Å². The summed E-state index contributed by atoms with van der Waals surface area (Å²) >= 11 is 0. The second-order valence-electron chi connectivity index (χ2n) is 3.81. The molecule has 1 N–H and O–H groups in total. The largest absolute Gasteiger partial charge is 0.469 e. The normalized spacial score (nSPS) is 24.4. The van der Waals surface area contributed by atoms with Gasteiger partial charge in [-0.05, 0) is 24.0 Å². The Morgan fingerprint density at radius 1 is 1.47 bits per heavy atom. The first-order valence-electron chi connectivity index (χ1n) is 5.07.